The van der Waals surface area contributed by atoms with Gasteiger partial charge in [0.15, 0.2) is 6.29 Å². The minimum Gasteiger partial charge on any atom is -0.394 e. The first-order chi connectivity index (χ1) is 16.4. The van der Waals surface area contributed by atoms with Crippen molar-refractivity contribution in [1.29, 1.82) is 0 Å². The van der Waals surface area contributed by atoms with E-state index in [2.05, 4.69) is 5.32 Å². The molecule has 1 amide bonds. The van der Waals surface area contributed by atoms with Crippen molar-refractivity contribution in [3.8, 4) is 0 Å². The first-order valence-corrected chi connectivity index (χ1v) is 10.6. The third-order valence-electron chi connectivity index (χ3n) is 5.97. The van der Waals surface area contributed by atoms with Gasteiger partial charge in [-0.1, -0.05) is 0 Å². The summed E-state index contributed by atoms with van der Waals surface area (Å²) in [5.74, 6) is -3.22. The van der Waals surface area contributed by atoms with E-state index in [1.54, 1.807) is 0 Å². The van der Waals surface area contributed by atoms with Crippen LogP contribution in [0.15, 0.2) is 24.3 Å². The molecular weight excluding hydrogens is 476 g/mol. The van der Waals surface area contributed by atoms with Crippen molar-refractivity contribution in [2.45, 2.75) is 67.8 Å². The Morgan fingerprint density at radius 3 is 2.17 bits per heavy atom. The van der Waals surface area contributed by atoms with Crippen LogP contribution in [0.5, 0.6) is 0 Å². The molecule has 0 unspecified atom stereocenters. The number of rotatable bonds is 7. The van der Waals surface area contributed by atoms with Gasteiger partial charge in [-0.2, -0.15) is 0 Å². The second-order valence-electron chi connectivity index (χ2n) is 8.31. The number of ether oxygens (including phenoxy) is 3. The Hall–Kier alpha value is -2.31. The van der Waals surface area contributed by atoms with Crippen molar-refractivity contribution < 1.29 is 59.7 Å². The van der Waals surface area contributed by atoms with Crippen LogP contribution in [-0.4, -0.2) is 115 Å². The number of non-ortho nitro benzene ring substituents is 1. The van der Waals surface area contributed by atoms with Gasteiger partial charge in [-0.05, 0) is 12.1 Å². The number of amides is 1. The Balaban J connectivity index is 2.02. The number of aliphatic hydroxyl groups excluding tert-OH is 6. The van der Waals surface area contributed by atoms with Gasteiger partial charge in [-0.15, -0.1) is 0 Å². The summed E-state index contributed by atoms with van der Waals surface area (Å²) in [6.45, 7) is -0.508. The number of benzene rings is 1. The molecule has 15 nitrogen and oxygen atoms in total. The summed E-state index contributed by atoms with van der Waals surface area (Å²) in [6.07, 6.45) is -13.4. The molecule has 196 valence electrons. The zero-order valence-electron chi connectivity index (χ0n) is 18.4. The zero-order chi connectivity index (χ0) is 26.1. The van der Waals surface area contributed by atoms with Gasteiger partial charge in [0, 0.05) is 24.6 Å². The molecule has 35 heavy (non-hydrogen) atoms. The predicted octanol–water partition coefficient (Wildman–Crippen LogP) is -3.82. The molecule has 0 bridgehead atoms. The summed E-state index contributed by atoms with van der Waals surface area (Å²) in [7, 11) is 0. The van der Waals surface area contributed by atoms with Crippen LogP contribution in [0.4, 0.5) is 5.69 Å². The van der Waals surface area contributed by atoms with Crippen molar-refractivity contribution in [2.24, 2.45) is 0 Å². The molecule has 2 heterocycles. The largest absolute Gasteiger partial charge is 0.394 e. The lowest BCUT2D eigenvalue weighted by molar-refractivity contribution is -0.385. The number of carbonyl (C=O) groups excluding carboxylic acids is 1. The van der Waals surface area contributed by atoms with Gasteiger partial charge in [0.2, 0.25) is 11.7 Å². The van der Waals surface area contributed by atoms with E-state index in [0.29, 0.717) is 0 Å². The maximum absolute atomic E-state index is 12.0. The van der Waals surface area contributed by atoms with Gasteiger partial charge in [-0.25, -0.2) is 0 Å². The third-order valence-corrected chi connectivity index (χ3v) is 5.97. The van der Waals surface area contributed by atoms with Gasteiger partial charge in [-0.3, -0.25) is 14.9 Å². The van der Waals surface area contributed by atoms with Gasteiger partial charge in [0.1, 0.15) is 48.8 Å². The minimum absolute atomic E-state index is 0.102. The first-order valence-electron chi connectivity index (χ1n) is 10.6. The molecule has 8 N–H and O–H groups in total. The van der Waals surface area contributed by atoms with Crippen molar-refractivity contribution in [1.82, 2.24) is 5.32 Å². The molecule has 1 aromatic carbocycles. The summed E-state index contributed by atoms with van der Waals surface area (Å²) in [5, 5.41) is 85.2. The monoisotopic (exact) mass is 504 g/mol. The number of nitrogens with one attached hydrogen (secondary N) is 1. The molecule has 1 aromatic rings. The lowest BCUT2D eigenvalue weighted by Crippen LogP contribution is -2.71. The van der Waals surface area contributed by atoms with Gasteiger partial charge >= 0.3 is 0 Å². The summed E-state index contributed by atoms with van der Waals surface area (Å²) in [6, 6.07) is 2.78. The van der Waals surface area contributed by atoms with E-state index in [-0.39, 0.29) is 11.3 Å². The normalized spacial score (nSPS) is 39.7. The van der Waals surface area contributed by atoms with E-state index < -0.39 is 84.9 Å². The molecule has 2 aliphatic rings. The summed E-state index contributed by atoms with van der Waals surface area (Å²) < 4.78 is 16.5. The molecule has 0 aromatic heterocycles. The van der Waals surface area contributed by atoms with Crippen LogP contribution in [-0.2, 0) is 24.8 Å². The Kier molecular flexibility index (Phi) is 8.38. The average molecular weight is 504 g/mol. The van der Waals surface area contributed by atoms with Crippen LogP contribution >= 0.6 is 0 Å². The topological polar surface area (TPSA) is 242 Å². The fourth-order valence-corrected chi connectivity index (χ4v) is 4.11. The van der Waals surface area contributed by atoms with Crippen LogP contribution in [0.2, 0.25) is 0 Å². The Bertz CT molecular complexity index is 900. The molecule has 3 rings (SSSR count). The number of nitrogens with zero attached hydrogens (tertiary/aromatic N) is 1. The van der Waals surface area contributed by atoms with E-state index in [1.807, 2.05) is 0 Å². The standard InChI is InChI=1S/C20H28N2O13/c1-8(25)21-18-17(34-19-16(29)15(28)13(26)11(6-23)33-19)14(27)12(7-24)35-20(18,30)9-2-4-10(5-3-9)22(31)32/h2-5,11-19,23-24,26-30H,6-7H2,1H3,(H,21,25)/t11-,12-,13+,14-,15+,16-,17+,18-,19+,20-/m1/s1. The molecule has 2 aliphatic heterocycles. The molecule has 0 spiro atoms. The van der Waals surface area contributed by atoms with Gasteiger partial charge in [0.05, 0.1) is 18.1 Å². The molecule has 2 saturated heterocycles. The van der Waals surface area contributed by atoms with Crippen LogP contribution in [0, 0.1) is 10.1 Å². The highest BCUT2D eigenvalue weighted by molar-refractivity contribution is 5.73. The summed E-state index contributed by atoms with van der Waals surface area (Å²) in [4.78, 5) is 22.3. The number of aliphatic hydroxyl groups is 7. The van der Waals surface area contributed by atoms with Gasteiger partial charge < -0.3 is 55.3 Å². The number of nitro benzene ring substituents is 1. The maximum Gasteiger partial charge on any atom is 0.269 e. The van der Waals surface area contributed by atoms with Crippen molar-refractivity contribution in [3.63, 3.8) is 0 Å². The Morgan fingerprint density at radius 1 is 1.06 bits per heavy atom. The van der Waals surface area contributed by atoms with E-state index >= 15 is 0 Å². The quantitative estimate of drug-likeness (QED) is 0.131. The highest BCUT2D eigenvalue weighted by Gasteiger charge is 2.57. The third kappa shape index (κ3) is 5.29. The average Bonchev–Trinajstić information content (AvgIpc) is 2.83. The lowest BCUT2D eigenvalue weighted by atomic mass is 9.85. The second kappa shape index (κ2) is 10.8. The van der Waals surface area contributed by atoms with Crippen molar-refractivity contribution >= 4 is 11.6 Å². The van der Waals surface area contributed by atoms with E-state index in [1.165, 1.54) is 0 Å². The molecule has 2 fully saturated rings. The second-order valence-corrected chi connectivity index (χ2v) is 8.31. The van der Waals surface area contributed by atoms with E-state index in [4.69, 9.17) is 14.2 Å². The minimum atomic E-state index is -2.51. The van der Waals surface area contributed by atoms with Crippen molar-refractivity contribution in [2.75, 3.05) is 13.2 Å². The van der Waals surface area contributed by atoms with Crippen LogP contribution in [0.25, 0.3) is 0 Å². The molecule has 0 aliphatic carbocycles. The highest BCUT2D eigenvalue weighted by Crippen LogP contribution is 2.39. The molecule has 0 saturated carbocycles. The summed E-state index contributed by atoms with van der Waals surface area (Å²) >= 11 is 0. The fourth-order valence-electron chi connectivity index (χ4n) is 4.11. The SMILES string of the molecule is CC(=O)N[C@@H]1[C@@H](O[C@@H]2O[C@H](CO)[C@H](O)[C@H](O)[C@H]2O)[C@H](O)[C@@H](CO)O[C@]1(O)c1ccc([N+](=O)[O-])cc1. The van der Waals surface area contributed by atoms with E-state index in [9.17, 15) is 50.7 Å². The molecule has 10 atom stereocenters. The maximum atomic E-state index is 12.0. The lowest BCUT2D eigenvalue weighted by Gasteiger charge is -2.51. The number of carbonyl (C=O) groups is 1. The molecule has 15 heteroatoms. The number of hydrogen-bond acceptors (Lipinski definition) is 13. The Morgan fingerprint density at radius 2 is 1.66 bits per heavy atom. The zero-order valence-corrected chi connectivity index (χ0v) is 18.4. The number of hydrogen-bond donors (Lipinski definition) is 8. The summed E-state index contributed by atoms with van der Waals surface area (Å²) in [5.41, 5.74) is -0.410. The Labute approximate surface area is 198 Å². The smallest absolute Gasteiger partial charge is 0.269 e. The number of nitro groups is 1. The predicted molar refractivity (Wildman–Crippen MR) is 111 cm³/mol. The highest BCUT2D eigenvalue weighted by atomic mass is 16.7. The van der Waals surface area contributed by atoms with Crippen LogP contribution in [0.3, 0.4) is 0 Å². The fraction of sp³-hybridized carbons (Fsp3) is 0.650. The van der Waals surface area contributed by atoms with Crippen LogP contribution < -0.4 is 5.32 Å². The van der Waals surface area contributed by atoms with Crippen molar-refractivity contribution in [3.05, 3.63) is 39.9 Å². The van der Waals surface area contributed by atoms with Crippen LogP contribution in [0.1, 0.15) is 12.5 Å². The molecule has 0 radical (unpaired) electrons. The first kappa shape index (κ1) is 27.3. The van der Waals surface area contributed by atoms with E-state index in [0.717, 1.165) is 31.2 Å². The molecular formula is C20H28N2O13. The van der Waals surface area contributed by atoms with Gasteiger partial charge in [0.25, 0.3) is 5.69 Å².